The molecule has 1 aromatic carbocycles. The molecule has 1 unspecified atom stereocenters. The van der Waals surface area contributed by atoms with Crippen molar-refractivity contribution in [2.45, 2.75) is 18.9 Å². The Hall–Kier alpha value is -1.42. The van der Waals surface area contributed by atoms with Gasteiger partial charge in [-0.05, 0) is 25.5 Å². The molecule has 0 radical (unpaired) electrons. The van der Waals surface area contributed by atoms with Gasteiger partial charge in [0, 0.05) is 17.7 Å². The molecule has 88 valence electrons. The van der Waals surface area contributed by atoms with Crippen molar-refractivity contribution in [2.75, 3.05) is 20.8 Å². The number of rotatable bonds is 3. The van der Waals surface area contributed by atoms with Crippen LogP contribution in [0.4, 0.5) is 0 Å². The van der Waals surface area contributed by atoms with Crippen LogP contribution in [-0.4, -0.2) is 25.9 Å². The van der Waals surface area contributed by atoms with Gasteiger partial charge in [0.15, 0.2) is 11.5 Å². The number of aromatic hydroxyl groups is 1. The number of nitrogens with one attached hydrogen (secondary N) is 1. The molecule has 4 heteroatoms. The van der Waals surface area contributed by atoms with E-state index in [1.54, 1.807) is 26.4 Å². The minimum Gasteiger partial charge on any atom is -0.508 e. The summed E-state index contributed by atoms with van der Waals surface area (Å²) < 4.78 is 10.6. The van der Waals surface area contributed by atoms with Gasteiger partial charge in [-0.15, -0.1) is 0 Å². The lowest BCUT2D eigenvalue weighted by Gasteiger charge is -2.17. The third-order valence-corrected chi connectivity index (χ3v) is 2.93. The molecular formula is C12H17NO3. The fourth-order valence-corrected chi connectivity index (χ4v) is 2.19. The van der Waals surface area contributed by atoms with Crippen LogP contribution in [0.25, 0.3) is 0 Å². The van der Waals surface area contributed by atoms with Crippen LogP contribution in [0.15, 0.2) is 12.1 Å². The van der Waals surface area contributed by atoms with Crippen molar-refractivity contribution in [1.29, 1.82) is 0 Å². The van der Waals surface area contributed by atoms with E-state index in [1.165, 1.54) is 0 Å². The van der Waals surface area contributed by atoms with Crippen molar-refractivity contribution in [1.82, 2.24) is 5.32 Å². The Morgan fingerprint density at radius 2 is 2.12 bits per heavy atom. The Kier molecular flexibility index (Phi) is 3.19. The lowest BCUT2D eigenvalue weighted by molar-refractivity contribution is 0.344. The molecule has 2 N–H and O–H groups in total. The largest absolute Gasteiger partial charge is 0.508 e. The highest BCUT2D eigenvalue weighted by Crippen LogP contribution is 2.40. The number of phenols is 1. The fraction of sp³-hybridized carbons (Fsp3) is 0.500. The monoisotopic (exact) mass is 223 g/mol. The third kappa shape index (κ3) is 1.93. The van der Waals surface area contributed by atoms with Crippen LogP contribution in [0.1, 0.15) is 24.4 Å². The van der Waals surface area contributed by atoms with Crippen LogP contribution in [0.2, 0.25) is 0 Å². The maximum absolute atomic E-state index is 9.64. The lowest BCUT2D eigenvalue weighted by atomic mass is 10.0. The Labute approximate surface area is 95.2 Å². The van der Waals surface area contributed by atoms with E-state index in [2.05, 4.69) is 5.32 Å². The van der Waals surface area contributed by atoms with Gasteiger partial charge in [-0.2, -0.15) is 0 Å². The minimum atomic E-state index is 0.210. The van der Waals surface area contributed by atoms with Crippen LogP contribution in [0, 0.1) is 0 Å². The normalized spacial score (nSPS) is 19.8. The Bertz CT molecular complexity index is 373. The quantitative estimate of drug-likeness (QED) is 0.821. The van der Waals surface area contributed by atoms with Crippen molar-refractivity contribution in [3.63, 3.8) is 0 Å². The maximum Gasteiger partial charge on any atom is 0.165 e. The predicted octanol–water partition coefficient (Wildman–Crippen LogP) is 1.83. The first-order valence-corrected chi connectivity index (χ1v) is 5.44. The number of ether oxygens (including phenoxy) is 2. The zero-order chi connectivity index (χ0) is 11.5. The van der Waals surface area contributed by atoms with Crippen molar-refractivity contribution in [2.24, 2.45) is 0 Å². The highest BCUT2D eigenvalue weighted by Gasteiger charge is 2.23. The molecule has 1 saturated heterocycles. The van der Waals surface area contributed by atoms with Gasteiger partial charge < -0.3 is 19.9 Å². The molecule has 0 aliphatic carbocycles. The van der Waals surface area contributed by atoms with Gasteiger partial charge in [-0.3, -0.25) is 0 Å². The highest BCUT2D eigenvalue weighted by atomic mass is 16.5. The summed E-state index contributed by atoms with van der Waals surface area (Å²) in [7, 11) is 3.19. The Balaban J connectivity index is 2.44. The zero-order valence-electron chi connectivity index (χ0n) is 9.62. The van der Waals surface area contributed by atoms with Crippen molar-refractivity contribution >= 4 is 0 Å². The first-order valence-electron chi connectivity index (χ1n) is 5.44. The summed E-state index contributed by atoms with van der Waals surface area (Å²) in [5.41, 5.74) is 0.969. The smallest absolute Gasteiger partial charge is 0.165 e. The van der Waals surface area contributed by atoms with Crippen molar-refractivity contribution in [3.8, 4) is 17.2 Å². The van der Waals surface area contributed by atoms with Crippen LogP contribution < -0.4 is 14.8 Å². The second-order valence-corrected chi connectivity index (χ2v) is 3.92. The van der Waals surface area contributed by atoms with Gasteiger partial charge in [0.05, 0.1) is 14.2 Å². The second kappa shape index (κ2) is 4.61. The minimum absolute atomic E-state index is 0.210. The zero-order valence-corrected chi connectivity index (χ0v) is 9.62. The van der Waals surface area contributed by atoms with E-state index >= 15 is 0 Å². The molecule has 1 aromatic rings. The molecule has 4 nitrogen and oxygen atoms in total. The van der Waals surface area contributed by atoms with Crippen molar-refractivity contribution in [3.05, 3.63) is 17.7 Å². The van der Waals surface area contributed by atoms with Gasteiger partial charge in [0.25, 0.3) is 0 Å². The lowest BCUT2D eigenvalue weighted by Crippen LogP contribution is -2.14. The second-order valence-electron chi connectivity index (χ2n) is 3.92. The van der Waals surface area contributed by atoms with E-state index in [9.17, 15) is 5.11 Å². The number of hydrogen-bond donors (Lipinski definition) is 2. The Morgan fingerprint density at radius 3 is 2.69 bits per heavy atom. The summed E-state index contributed by atoms with van der Waals surface area (Å²) in [5, 5.41) is 13.0. The summed E-state index contributed by atoms with van der Waals surface area (Å²) in [6, 6.07) is 3.55. The van der Waals surface area contributed by atoms with Crippen LogP contribution >= 0.6 is 0 Å². The average Bonchev–Trinajstić information content (AvgIpc) is 2.81. The van der Waals surface area contributed by atoms with Crippen LogP contribution in [0.3, 0.4) is 0 Å². The van der Waals surface area contributed by atoms with Gasteiger partial charge in [0.1, 0.15) is 5.75 Å². The molecule has 0 bridgehead atoms. The SMILES string of the molecule is COc1cc(O)cc(C2CCCN2)c1OC. The summed E-state index contributed by atoms with van der Waals surface area (Å²) in [6.45, 7) is 1.01. The first kappa shape index (κ1) is 11.1. The molecule has 1 fully saturated rings. The predicted molar refractivity (Wildman–Crippen MR) is 61.2 cm³/mol. The van der Waals surface area contributed by atoms with E-state index in [1.807, 2.05) is 0 Å². The molecule has 0 amide bonds. The molecule has 1 heterocycles. The number of phenolic OH excluding ortho intramolecular Hbond substituents is 1. The van der Waals surface area contributed by atoms with Gasteiger partial charge in [-0.1, -0.05) is 0 Å². The van der Waals surface area contributed by atoms with Crippen molar-refractivity contribution < 1.29 is 14.6 Å². The highest BCUT2D eigenvalue weighted by molar-refractivity contribution is 5.52. The Morgan fingerprint density at radius 1 is 1.31 bits per heavy atom. The number of methoxy groups -OCH3 is 2. The fourth-order valence-electron chi connectivity index (χ4n) is 2.19. The number of hydrogen-bond acceptors (Lipinski definition) is 4. The van der Waals surface area contributed by atoms with E-state index < -0.39 is 0 Å². The molecule has 2 rings (SSSR count). The molecule has 0 saturated carbocycles. The first-order chi connectivity index (χ1) is 7.76. The molecule has 1 aliphatic heterocycles. The summed E-state index contributed by atoms with van der Waals surface area (Å²) in [5.74, 6) is 1.49. The van der Waals surface area contributed by atoms with Gasteiger partial charge in [-0.25, -0.2) is 0 Å². The maximum atomic E-state index is 9.64. The molecular weight excluding hydrogens is 206 g/mol. The molecule has 0 aromatic heterocycles. The summed E-state index contributed by atoms with van der Waals surface area (Å²) in [6.07, 6.45) is 2.20. The average molecular weight is 223 g/mol. The van der Waals surface area contributed by atoms with E-state index in [4.69, 9.17) is 9.47 Å². The molecule has 16 heavy (non-hydrogen) atoms. The van der Waals surface area contributed by atoms with Crippen LogP contribution in [0.5, 0.6) is 17.2 Å². The standard InChI is InChI=1S/C12H17NO3/c1-15-11-7-8(14)6-9(12(11)16-2)10-4-3-5-13-10/h6-7,10,13-14H,3-5H2,1-2H3. The third-order valence-electron chi connectivity index (χ3n) is 2.93. The van der Waals surface area contributed by atoms with E-state index in [-0.39, 0.29) is 11.8 Å². The van der Waals surface area contributed by atoms with E-state index in [0.29, 0.717) is 11.5 Å². The van der Waals surface area contributed by atoms with Crippen LogP contribution in [-0.2, 0) is 0 Å². The van der Waals surface area contributed by atoms with Gasteiger partial charge in [0.2, 0.25) is 0 Å². The van der Waals surface area contributed by atoms with Gasteiger partial charge >= 0.3 is 0 Å². The molecule has 0 spiro atoms. The van der Waals surface area contributed by atoms with E-state index in [0.717, 1.165) is 24.9 Å². The number of benzene rings is 1. The molecule has 1 atom stereocenters. The molecule has 1 aliphatic rings. The summed E-state index contributed by atoms with van der Waals surface area (Å²) in [4.78, 5) is 0. The topological polar surface area (TPSA) is 50.7 Å². The summed E-state index contributed by atoms with van der Waals surface area (Å²) >= 11 is 0.